The van der Waals surface area contributed by atoms with E-state index in [1.807, 2.05) is 12.2 Å². The summed E-state index contributed by atoms with van der Waals surface area (Å²) in [5.41, 5.74) is 0. The Morgan fingerprint density at radius 3 is 1.94 bits per heavy atom. The van der Waals surface area contributed by atoms with Gasteiger partial charge in [-0.25, -0.2) is 0 Å². The molecule has 2 aliphatic carbocycles. The van der Waals surface area contributed by atoms with Crippen LogP contribution in [0.15, 0.2) is 12.2 Å². The first kappa shape index (κ1) is 10.3. The van der Waals surface area contributed by atoms with E-state index in [0.717, 1.165) is 6.42 Å². The van der Waals surface area contributed by atoms with Crippen LogP contribution in [-0.2, 0) is 18.8 Å². The summed E-state index contributed by atoms with van der Waals surface area (Å²) in [6.07, 6.45) is 4.55. The van der Waals surface area contributed by atoms with Gasteiger partial charge >= 0.3 is 9.24 Å². The lowest BCUT2D eigenvalue weighted by atomic mass is 9.85. The van der Waals surface area contributed by atoms with Crippen LogP contribution in [0.1, 0.15) is 6.42 Å². The maximum Gasteiger partial charge on any atom is 0.330 e. The minimum atomic E-state index is -4.28. The highest BCUT2D eigenvalue weighted by molar-refractivity contribution is 8.12. The smallest absolute Gasteiger partial charge is 0.273 e. The SMILES string of the molecule is O=C1C2C3C=CC(C3)C2C(=O)N1S(=O)(=O)Cl. The number of amides is 2. The molecule has 0 radical (unpaired) electrons. The van der Waals surface area contributed by atoms with E-state index in [1.165, 1.54) is 0 Å². The van der Waals surface area contributed by atoms with Gasteiger partial charge in [0.05, 0.1) is 11.8 Å². The fourth-order valence-electron chi connectivity index (χ4n) is 3.09. The lowest BCUT2D eigenvalue weighted by Crippen LogP contribution is -2.35. The molecular weight excluding hydrogens is 254 g/mol. The fraction of sp³-hybridized carbons (Fsp3) is 0.556. The molecule has 0 aromatic heterocycles. The van der Waals surface area contributed by atoms with Crippen LogP contribution in [0.2, 0.25) is 0 Å². The van der Waals surface area contributed by atoms with Crippen LogP contribution >= 0.6 is 10.7 Å². The molecule has 86 valence electrons. The Bertz CT molecular complexity index is 496. The molecule has 2 bridgehead atoms. The molecule has 1 saturated carbocycles. The van der Waals surface area contributed by atoms with Crippen LogP contribution in [0.3, 0.4) is 0 Å². The third-order valence-electron chi connectivity index (χ3n) is 3.65. The number of carbonyl (C=O) groups is 2. The molecule has 16 heavy (non-hydrogen) atoms. The summed E-state index contributed by atoms with van der Waals surface area (Å²) in [5.74, 6) is -2.37. The first-order valence-electron chi connectivity index (χ1n) is 4.92. The number of imide groups is 1. The maximum absolute atomic E-state index is 11.8. The summed E-state index contributed by atoms with van der Waals surface area (Å²) in [7, 11) is 0.809. The molecule has 0 aromatic carbocycles. The van der Waals surface area contributed by atoms with E-state index in [9.17, 15) is 18.0 Å². The van der Waals surface area contributed by atoms with E-state index >= 15 is 0 Å². The highest BCUT2D eigenvalue weighted by Gasteiger charge is 2.61. The minimum Gasteiger partial charge on any atom is -0.273 e. The number of rotatable bonds is 1. The van der Waals surface area contributed by atoms with E-state index in [-0.39, 0.29) is 16.1 Å². The van der Waals surface area contributed by atoms with Crippen LogP contribution in [0.25, 0.3) is 0 Å². The Morgan fingerprint density at radius 2 is 1.56 bits per heavy atom. The highest BCUT2D eigenvalue weighted by atomic mass is 35.7. The molecule has 0 spiro atoms. The molecule has 7 heteroatoms. The fourth-order valence-corrected chi connectivity index (χ4v) is 4.17. The van der Waals surface area contributed by atoms with Crippen LogP contribution in [0.5, 0.6) is 0 Å². The van der Waals surface area contributed by atoms with Crippen molar-refractivity contribution in [3.8, 4) is 0 Å². The standard InChI is InChI=1S/C9H8ClNO4S/c10-16(14,15)11-8(12)6-4-1-2-5(3-4)7(6)9(11)13/h1-2,4-7H,3H2. The summed E-state index contributed by atoms with van der Waals surface area (Å²) < 4.78 is 22.5. The lowest BCUT2D eigenvalue weighted by molar-refractivity contribution is -0.134. The van der Waals surface area contributed by atoms with E-state index in [0.29, 0.717) is 0 Å². The molecule has 1 aliphatic heterocycles. The molecule has 4 unspecified atom stereocenters. The topological polar surface area (TPSA) is 71.5 Å². The zero-order chi connectivity index (χ0) is 11.7. The summed E-state index contributed by atoms with van der Waals surface area (Å²) in [6, 6.07) is 0. The number of carbonyl (C=O) groups excluding carboxylic acids is 2. The van der Waals surface area contributed by atoms with Gasteiger partial charge < -0.3 is 0 Å². The van der Waals surface area contributed by atoms with Crippen molar-refractivity contribution in [2.24, 2.45) is 23.7 Å². The predicted octanol–water partition coefficient (Wildman–Crippen LogP) is 0.277. The third kappa shape index (κ3) is 1.09. The van der Waals surface area contributed by atoms with Gasteiger partial charge in [0.1, 0.15) is 0 Å². The van der Waals surface area contributed by atoms with Crippen LogP contribution in [-0.4, -0.2) is 24.5 Å². The number of allylic oxidation sites excluding steroid dienone is 2. The summed E-state index contributed by atoms with van der Waals surface area (Å²) >= 11 is 0. The maximum atomic E-state index is 11.8. The second-order valence-electron chi connectivity index (χ2n) is 4.38. The number of halogens is 1. The predicted molar refractivity (Wildman–Crippen MR) is 54.3 cm³/mol. The Kier molecular flexibility index (Phi) is 1.84. The van der Waals surface area contributed by atoms with Crippen LogP contribution in [0, 0.1) is 23.7 Å². The Morgan fingerprint density at radius 1 is 1.12 bits per heavy atom. The molecule has 1 heterocycles. The van der Waals surface area contributed by atoms with E-state index in [2.05, 4.69) is 0 Å². The van der Waals surface area contributed by atoms with Gasteiger partial charge in [-0.3, -0.25) is 9.59 Å². The van der Waals surface area contributed by atoms with Crippen molar-refractivity contribution >= 4 is 31.7 Å². The van der Waals surface area contributed by atoms with Crippen molar-refractivity contribution in [2.45, 2.75) is 6.42 Å². The molecule has 3 aliphatic rings. The molecule has 4 atom stereocenters. The van der Waals surface area contributed by atoms with Crippen molar-refractivity contribution in [1.29, 1.82) is 0 Å². The monoisotopic (exact) mass is 261 g/mol. The van der Waals surface area contributed by atoms with Gasteiger partial charge in [0, 0.05) is 10.7 Å². The minimum absolute atomic E-state index is 0.00475. The van der Waals surface area contributed by atoms with Crippen molar-refractivity contribution in [3.63, 3.8) is 0 Å². The second kappa shape index (κ2) is 2.87. The third-order valence-corrected chi connectivity index (χ3v) is 4.86. The number of nitrogens with zero attached hydrogens (tertiary/aromatic N) is 1. The highest BCUT2D eigenvalue weighted by Crippen LogP contribution is 2.53. The van der Waals surface area contributed by atoms with E-state index in [1.54, 1.807) is 0 Å². The molecule has 3 rings (SSSR count). The van der Waals surface area contributed by atoms with Crippen LogP contribution < -0.4 is 0 Å². The van der Waals surface area contributed by atoms with Crippen LogP contribution in [0.4, 0.5) is 0 Å². The normalized spacial score (nSPS) is 40.9. The van der Waals surface area contributed by atoms with Crippen molar-refractivity contribution in [2.75, 3.05) is 0 Å². The zero-order valence-electron chi connectivity index (χ0n) is 8.04. The number of hydrogen-bond donors (Lipinski definition) is 0. The van der Waals surface area contributed by atoms with Crippen molar-refractivity contribution in [3.05, 3.63) is 12.2 Å². The summed E-state index contributed by atoms with van der Waals surface area (Å²) in [4.78, 5) is 23.7. The van der Waals surface area contributed by atoms with Gasteiger partial charge in [0.25, 0.3) is 0 Å². The summed E-state index contributed by atoms with van der Waals surface area (Å²) in [6.45, 7) is 0. The molecule has 5 nitrogen and oxygen atoms in total. The Balaban J connectivity index is 2.08. The molecule has 2 fully saturated rings. The average molecular weight is 262 g/mol. The Hall–Kier alpha value is -0.880. The van der Waals surface area contributed by atoms with Gasteiger partial charge in [-0.15, -0.1) is 0 Å². The molecule has 2 amide bonds. The zero-order valence-corrected chi connectivity index (χ0v) is 9.61. The largest absolute Gasteiger partial charge is 0.330 e. The summed E-state index contributed by atoms with van der Waals surface area (Å²) in [5, 5.41) is 0. The van der Waals surface area contributed by atoms with Gasteiger partial charge in [0.15, 0.2) is 0 Å². The molecule has 1 saturated heterocycles. The second-order valence-corrected chi connectivity index (χ2v) is 6.74. The lowest BCUT2D eigenvalue weighted by Gasteiger charge is -2.14. The van der Waals surface area contributed by atoms with E-state index in [4.69, 9.17) is 10.7 Å². The van der Waals surface area contributed by atoms with Gasteiger partial charge in [0.2, 0.25) is 11.8 Å². The van der Waals surface area contributed by atoms with Gasteiger partial charge in [-0.2, -0.15) is 12.7 Å². The number of fused-ring (bicyclic) bond motifs is 5. The first-order valence-corrected chi connectivity index (χ1v) is 7.19. The van der Waals surface area contributed by atoms with E-state index < -0.39 is 32.9 Å². The van der Waals surface area contributed by atoms with Gasteiger partial charge in [-0.05, 0) is 18.3 Å². The Labute approximate surface area is 96.6 Å². The quantitative estimate of drug-likeness (QED) is 0.386. The van der Waals surface area contributed by atoms with Crippen molar-refractivity contribution < 1.29 is 18.0 Å². The van der Waals surface area contributed by atoms with Gasteiger partial charge in [-0.1, -0.05) is 12.2 Å². The average Bonchev–Trinajstić information content (AvgIpc) is 2.77. The number of hydrogen-bond acceptors (Lipinski definition) is 4. The van der Waals surface area contributed by atoms with Crippen molar-refractivity contribution in [1.82, 2.24) is 4.31 Å². The molecule has 0 aromatic rings. The molecular formula is C9H8ClNO4S. The molecule has 0 N–H and O–H groups in total. The first-order chi connectivity index (χ1) is 7.41.